The summed E-state index contributed by atoms with van der Waals surface area (Å²) in [5.74, 6) is -0.426. The number of nitrogens with zero attached hydrogens (tertiary/aromatic N) is 2. The van der Waals surface area contributed by atoms with Crippen molar-refractivity contribution in [2.24, 2.45) is 0 Å². The van der Waals surface area contributed by atoms with Crippen molar-refractivity contribution >= 4 is 21.8 Å². The first-order valence-electron chi connectivity index (χ1n) is 6.72. The van der Waals surface area contributed by atoms with E-state index in [0.717, 1.165) is 5.56 Å². The molecule has 1 aromatic carbocycles. The summed E-state index contributed by atoms with van der Waals surface area (Å²) in [5.41, 5.74) is 1.28. The predicted octanol–water partition coefficient (Wildman–Crippen LogP) is 4.21. The molecule has 110 valence electrons. The van der Waals surface area contributed by atoms with Crippen LogP contribution >= 0.6 is 15.9 Å². The third-order valence-electron chi connectivity index (χ3n) is 3.36. The van der Waals surface area contributed by atoms with Crippen LogP contribution in [-0.4, -0.2) is 22.3 Å². The van der Waals surface area contributed by atoms with Crippen molar-refractivity contribution in [3.8, 4) is 0 Å². The van der Waals surface area contributed by atoms with E-state index in [4.69, 9.17) is 0 Å². The number of benzene rings is 1. The summed E-state index contributed by atoms with van der Waals surface area (Å²) < 4.78 is 13.6. The van der Waals surface area contributed by atoms with Crippen molar-refractivity contribution in [1.29, 1.82) is 0 Å². The Hall–Kier alpha value is -1.75. The van der Waals surface area contributed by atoms with Crippen LogP contribution in [0.5, 0.6) is 0 Å². The lowest BCUT2D eigenvalue weighted by molar-refractivity contribution is 0.0696. The zero-order valence-corrected chi connectivity index (χ0v) is 13.5. The van der Waals surface area contributed by atoms with Crippen LogP contribution in [0.3, 0.4) is 0 Å². The maximum atomic E-state index is 13.0. The fraction of sp³-hybridized carbons (Fsp3) is 0.250. The molecule has 2 aromatic rings. The van der Waals surface area contributed by atoms with E-state index < -0.39 is 0 Å². The molecule has 1 atom stereocenters. The Morgan fingerprint density at radius 2 is 1.95 bits per heavy atom. The van der Waals surface area contributed by atoms with Crippen molar-refractivity contribution in [3.05, 3.63) is 64.1 Å². The highest BCUT2D eigenvalue weighted by Gasteiger charge is 2.22. The van der Waals surface area contributed by atoms with Crippen LogP contribution in [0.2, 0.25) is 0 Å². The van der Waals surface area contributed by atoms with Crippen LogP contribution in [0.15, 0.2) is 47.1 Å². The number of hydrogen-bond donors (Lipinski definition) is 0. The van der Waals surface area contributed by atoms with Crippen LogP contribution in [0.25, 0.3) is 0 Å². The second kappa shape index (κ2) is 6.80. The predicted molar refractivity (Wildman–Crippen MR) is 83.5 cm³/mol. The molecule has 0 fully saturated rings. The Bertz CT molecular complexity index is 630. The molecule has 0 N–H and O–H groups in total. The number of carbonyl (C=O) groups excluding carboxylic acids is 1. The summed E-state index contributed by atoms with van der Waals surface area (Å²) in [6.45, 7) is 4.38. The molecule has 0 aliphatic heterocycles. The van der Waals surface area contributed by atoms with Gasteiger partial charge in [0.1, 0.15) is 16.1 Å². The van der Waals surface area contributed by atoms with E-state index in [0.29, 0.717) is 16.8 Å². The SMILES string of the molecule is CCN(C(=O)c1cccc(Br)n1)C(C)c1ccc(F)cc1. The maximum absolute atomic E-state index is 13.0. The molecular formula is C16H16BrFN2O. The molecule has 0 aliphatic rings. The zero-order chi connectivity index (χ0) is 15.4. The number of hydrogen-bond acceptors (Lipinski definition) is 2. The topological polar surface area (TPSA) is 33.2 Å². The highest BCUT2D eigenvalue weighted by atomic mass is 79.9. The normalized spacial score (nSPS) is 12.0. The maximum Gasteiger partial charge on any atom is 0.272 e. The van der Waals surface area contributed by atoms with Crippen molar-refractivity contribution in [1.82, 2.24) is 9.88 Å². The van der Waals surface area contributed by atoms with E-state index >= 15 is 0 Å². The highest BCUT2D eigenvalue weighted by Crippen LogP contribution is 2.22. The lowest BCUT2D eigenvalue weighted by atomic mass is 10.1. The average molecular weight is 351 g/mol. The molecule has 0 radical (unpaired) electrons. The first-order chi connectivity index (χ1) is 10.0. The van der Waals surface area contributed by atoms with Crippen LogP contribution in [0.1, 0.15) is 35.9 Å². The number of rotatable bonds is 4. The summed E-state index contributed by atoms with van der Waals surface area (Å²) in [7, 11) is 0. The van der Waals surface area contributed by atoms with Gasteiger partial charge in [0.15, 0.2) is 0 Å². The largest absolute Gasteiger partial charge is 0.331 e. The number of carbonyl (C=O) groups is 1. The fourth-order valence-corrected chi connectivity index (χ4v) is 2.53. The Kier molecular flexibility index (Phi) is 5.07. The van der Waals surface area contributed by atoms with Gasteiger partial charge in [-0.2, -0.15) is 0 Å². The van der Waals surface area contributed by atoms with Gasteiger partial charge in [-0.25, -0.2) is 9.37 Å². The summed E-state index contributed by atoms with van der Waals surface area (Å²) >= 11 is 3.27. The number of pyridine rings is 1. The molecule has 0 saturated heterocycles. The van der Waals surface area contributed by atoms with Crippen molar-refractivity contribution < 1.29 is 9.18 Å². The van der Waals surface area contributed by atoms with Gasteiger partial charge in [-0.3, -0.25) is 4.79 Å². The van der Waals surface area contributed by atoms with Crippen LogP contribution < -0.4 is 0 Å². The minimum absolute atomic E-state index is 0.143. The second-order valence-corrected chi connectivity index (χ2v) is 5.48. The van der Waals surface area contributed by atoms with Gasteiger partial charge in [0.2, 0.25) is 0 Å². The van der Waals surface area contributed by atoms with Crippen LogP contribution in [0.4, 0.5) is 4.39 Å². The summed E-state index contributed by atoms with van der Waals surface area (Å²) in [5, 5.41) is 0. The van der Waals surface area contributed by atoms with E-state index in [1.165, 1.54) is 12.1 Å². The lowest BCUT2D eigenvalue weighted by Gasteiger charge is -2.28. The van der Waals surface area contributed by atoms with Gasteiger partial charge < -0.3 is 4.90 Å². The monoisotopic (exact) mass is 350 g/mol. The summed E-state index contributed by atoms with van der Waals surface area (Å²) in [4.78, 5) is 18.5. The number of aromatic nitrogens is 1. The van der Waals surface area contributed by atoms with Crippen molar-refractivity contribution in [3.63, 3.8) is 0 Å². The third kappa shape index (κ3) is 3.67. The van der Waals surface area contributed by atoms with Crippen molar-refractivity contribution in [2.45, 2.75) is 19.9 Å². The van der Waals surface area contributed by atoms with Gasteiger partial charge >= 0.3 is 0 Å². The lowest BCUT2D eigenvalue weighted by Crippen LogP contribution is -2.34. The smallest absolute Gasteiger partial charge is 0.272 e. The number of amides is 1. The molecule has 1 unspecified atom stereocenters. The standard InChI is InChI=1S/C16H16BrFN2O/c1-3-20(11(2)12-7-9-13(18)10-8-12)16(21)14-5-4-6-15(17)19-14/h4-11H,3H2,1-2H3. The van der Waals surface area contributed by atoms with Gasteiger partial charge in [0, 0.05) is 6.54 Å². The summed E-state index contributed by atoms with van der Waals surface area (Å²) in [6.07, 6.45) is 0. The molecule has 1 heterocycles. The molecule has 0 saturated carbocycles. The molecule has 2 rings (SSSR count). The van der Waals surface area contributed by atoms with Crippen molar-refractivity contribution in [2.75, 3.05) is 6.54 Å². The third-order valence-corrected chi connectivity index (χ3v) is 3.80. The molecule has 0 spiro atoms. The Morgan fingerprint density at radius 1 is 1.29 bits per heavy atom. The first kappa shape index (κ1) is 15.6. The van der Waals surface area contributed by atoms with E-state index in [-0.39, 0.29) is 17.8 Å². The van der Waals surface area contributed by atoms with E-state index in [1.807, 2.05) is 13.8 Å². The molecular weight excluding hydrogens is 335 g/mol. The Labute approximate surface area is 131 Å². The van der Waals surface area contributed by atoms with Gasteiger partial charge in [0.25, 0.3) is 5.91 Å². The minimum Gasteiger partial charge on any atom is -0.331 e. The fourth-order valence-electron chi connectivity index (χ4n) is 2.19. The Morgan fingerprint density at radius 3 is 2.52 bits per heavy atom. The van der Waals surface area contributed by atoms with E-state index in [1.54, 1.807) is 35.2 Å². The second-order valence-electron chi connectivity index (χ2n) is 4.66. The Balaban J connectivity index is 2.26. The van der Waals surface area contributed by atoms with Gasteiger partial charge in [0.05, 0.1) is 6.04 Å². The highest BCUT2D eigenvalue weighted by molar-refractivity contribution is 9.10. The quantitative estimate of drug-likeness (QED) is 0.774. The van der Waals surface area contributed by atoms with Gasteiger partial charge in [-0.15, -0.1) is 0 Å². The first-order valence-corrected chi connectivity index (χ1v) is 7.51. The zero-order valence-electron chi connectivity index (χ0n) is 11.9. The summed E-state index contributed by atoms with van der Waals surface area (Å²) in [6, 6.07) is 11.3. The molecule has 0 bridgehead atoms. The molecule has 3 nitrogen and oxygen atoms in total. The molecule has 1 amide bonds. The van der Waals surface area contributed by atoms with Gasteiger partial charge in [-0.05, 0) is 59.6 Å². The molecule has 21 heavy (non-hydrogen) atoms. The van der Waals surface area contributed by atoms with Crippen LogP contribution in [-0.2, 0) is 0 Å². The average Bonchev–Trinajstić information content (AvgIpc) is 2.48. The molecule has 5 heteroatoms. The van der Waals surface area contributed by atoms with Crippen LogP contribution in [0, 0.1) is 5.82 Å². The minimum atomic E-state index is -0.283. The van der Waals surface area contributed by atoms with Gasteiger partial charge in [-0.1, -0.05) is 18.2 Å². The van der Waals surface area contributed by atoms with E-state index in [2.05, 4.69) is 20.9 Å². The number of halogens is 2. The molecule has 0 aliphatic carbocycles. The van der Waals surface area contributed by atoms with E-state index in [9.17, 15) is 9.18 Å². The molecule has 1 aromatic heterocycles.